The van der Waals surface area contributed by atoms with E-state index in [4.69, 9.17) is 19.7 Å². The number of ether oxygens (including phenoxy) is 2. The lowest BCUT2D eigenvalue weighted by molar-refractivity contribution is 0.390. The predicted octanol–water partition coefficient (Wildman–Crippen LogP) is 3.24. The quantitative estimate of drug-likeness (QED) is 0.871. The highest BCUT2D eigenvalue weighted by Gasteiger charge is 2.39. The maximum absolute atomic E-state index is 9.77. The van der Waals surface area contributed by atoms with Gasteiger partial charge in [-0.05, 0) is 6.07 Å². The van der Waals surface area contributed by atoms with Gasteiger partial charge in [-0.15, -0.1) is 0 Å². The van der Waals surface area contributed by atoms with Gasteiger partial charge in [-0.1, -0.05) is 32.0 Å². The number of rotatable bonds is 3. The van der Waals surface area contributed by atoms with Crippen molar-refractivity contribution < 1.29 is 14.0 Å². The Bertz CT molecular complexity index is 916. The van der Waals surface area contributed by atoms with Gasteiger partial charge in [0.1, 0.15) is 17.3 Å². The maximum atomic E-state index is 9.77. The summed E-state index contributed by atoms with van der Waals surface area (Å²) in [5, 5.41) is 17.0. The second-order valence-electron chi connectivity index (χ2n) is 7.13. The number of nitrogens with two attached hydrogens (primary N) is 1. The first kappa shape index (κ1) is 17.7. The third-order valence-corrected chi connectivity index (χ3v) is 4.43. The number of anilines is 1. The summed E-state index contributed by atoms with van der Waals surface area (Å²) in [6, 6.07) is 7.72. The number of methoxy groups -OCH3 is 2. The number of aromatic nitrogens is 1. The lowest BCUT2D eigenvalue weighted by atomic mass is 9.78. The standard InChI is InChI=1S/C19H22N4O3/c1-19(2,3)16-15-14(11-7-6-10(24-4)8-13(11)25-5)12(9-20)17(21)22-18(15)26-23-16/h6-8,14,22H,21H2,1-5H3/t14-/m0/s1. The summed E-state index contributed by atoms with van der Waals surface area (Å²) >= 11 is 0. The number of benzene rings is 1. The smallest absolute Gasteiger partial charge is 0.234 e. The zero-order chi connectivity index (χ0) is 19.1. The molecule has 0 spiro atoms. The molecular formula is C19H22N4O3. The van der Waals surface area contributed by atoms with Crippen molar-refractivity contribution in [2.75, 3.05) is 19.5 Å². The largest absolute Gasteiger partial charge is 0.497 e. The Labute approximate surface area is 152 Å². The lowest BCUT2D eigenvalue weighted by Crippen LogP contribution is -2.25. The first-order chi connectivity index (χ1) is 12.3. The van der Waals surface area contributed by atoms with E-state index in [1.165, 1.54) is 0 Å². The fraction of sp³-hybridized carbons (Fsp3) is 0.368. The molecule has 1 aliphatic heterocycles. The Morgan fingerprint density at radius 2 is 2.00 bits per heavy atom. The van der Waals surface area contributed by atoms with Crippen LogP contribution in [0.5, 0.6) is 11.5 Å². The molecule has 7 nitrogen and oxygen atoms in total. The average Bonchev–Trinajstić information content (AvgIpc) is 3.03. The van der Waals surface area contributed by atoms with Crippen molar-refractivity contribution in [3.63, 3.8) is 0 Å². The third-order valence-electron chi connectivity index (χ3n) is 4.43. The topological polar surface area (TPSA) is 106 Å². The summed E-state index contributed by atoms with van der Waals surface area (Å²) in [6.07, 6.45) is 0. The van der Waals surface area contributed by atoms with Crippen LogP contribution >= 0.6 is 0 Å². The van der Waals surface area contributed by atoms with Crippen LogP contribution in [0.15, 0.2) is 34.1 Å². The van der Waals surface area contributed by atoms with Gasteiger partial charge in [-0.25, -0.2) is 0 Å². The zero-order valence-corrected chi connectivity index (χ0v) is 15.5. The molecule has 2 heterocycles. The van der Waals surface area contributed by atoms with E-state index in [1.807, 2.05) is 32.9 Å². The van der Waals surface area contributed by atoms with Gasteiger partial charge in [-0.3, -0.25) is 0 Å². The molecule has 2 aromatic rings. The normalized spacial score (nSPS) is 16.5. The molecule has 3 rings (SSSR count). The summed E-state index contributed by atoms with van der Waals surface area (Å²) < 4.78 is 16.3. The summed E-state index contributed by atoms with van der Waals surface area (Å²) in [5.41, 5.74) is 8.57. The summed E-state index contributed by atoms with van der Waals surface area (Å²) in [5.74, 6) is 1.52. The molecule has 0 amide bonds. The highest BCUT2D eigenvalue weighted by molar-refractivity contribution is 5.67. The Hall–Kier alpha value is -3.14. The minimum Gasteiger partial charge on any atom is -0.497 e. The van der Waals surface area contributed by atoms with E-state index in [0.29, 0.717) is 23.0 Å². The van der Waals surface area contributed by atoms with Crippen LogP contribution < -0.4 is 20.5 Å². The van der Waals surface area contributed by atoms with Crippen LogP contribution in [0.25, 0.3) is 0 Å². The van der Waals surface area contributed by atoms with Crippen LogP contribution in [0.3, 0.4) is 0 Å². The Morgan fingerprint density at radius 1 is 1.27 bits per heavy atom. The van der Waals surface area contributed by atoms with Crippen molar-refractivity contribution in [2.24, 2.45) is 5.73 Å². The molecule has 0 aliphatic carbocycles. The Kier molecular flexibility index (Phi) is 4.28. The molecule has 7 heteroatoms. The highest BCUT2D eigenvalue weighted by atomic mass is 16.5. The first-order valence-electron chi connectivity index (χ1n) is 8.20. The number of allylic oxidation sites excluding steroid dienone is 1. The lowest BCUT2D eigenvalue weighted by Gasteiger charge is -2.28. The van der Waals surface area contributed by atoms with Crippen molar-refractivity contribution >= 4 is 5.88 Å². The second kappa shape index (κ2) is 6.30. The molecular weight excluding hydrogens is 332 g/mol. The Morgan fingerprint density at radius 3 is 2.58 bits per heavy atom. The number of nitrogens with zero attached hydrogens (tertiary/aromatic N) is 2. The van der Waals surface area contributed by atoms with Gasteiger partial charge < -0.3 is 25.0 Å². The molecule has 0 unspecified atom stereocenters. The van der Waals surface area contributed by atoms with Crippen LogP contribution in [-0.4, -0.2) is 19.4 Å². The van der Waals surface area contributed by atoms with E-state index < -0.39 is 5.92 Å². The van der Waals surface area contributed by atoms with Crippen LogP contribution in [0.2, 0.25) is 0 Å². The average molecular weight is 354 g/mol. The molecule has 0 saturated carbocycles. The van der Waals surface area contributed by atoms with Gasteiger partial charge in [0, 0.05) is 17.0 Å². The summed E-state index contributed by atoms with van der Waals surface area (Å²) in [4.78, 5) is 0. The summed E-state index contributed by atoms with van der Waals surface area (Å²) in [6.45, 7) is 6.13. The molecule has 1 atom stereocenters. The molecule has 0 saturated heterocycles. The number of hydrogen-bond acceptors (Lipinski definition) is 7. The molecule has 136 valence electrons. The van der Waals surface area contributed by atoms with E-state index in [1.54, 1.807) is 20.3 Å². The number of nitrogens with one attached hydrogen (secondary N) is 1. The maximum Gasteiger partial charge on any atom is 0.234 e. The van der Waals surface area contributed by atoms with Crippen LogP contribution in [0.4, 0.5) is 5.88 Å². The van der Waals surface area contributed by atoms with Gasteiger partial charge in [-0.2, -0.15) is 5.26 Å². The molecule has 0 bridgehead atoms. The first-order valence-corrected chi connectivity index (χ1v) is 8.20. The molecule has 3 N–H and O–H groups in total. The minimum absolute atomic E-state index is 0.250. The van der Waals surface area contributed by atoms with E-state index in [0.717, 1.165) is 16.8 Å². The van der Waals surface area contributed by atoms with Crippen LogP contribution in [0, 0.1) is 11.3 Å². The number of hydrogen-bond donors (Lipinski definition) is 2. The molecule has 26 heavy (non-hydrogen) atoms. The molecule has 1 aromatic heterocycles. The molecule has 1 aromatic carbocycles. The number of fused-ring (bicyclic) bond motifs is 1. The van der Waals surface area contributed by atoms with E-state index in [-0.39, 0.29) is 11.2 Å². The van der Waals surface area contributed by atoms with E-state index in [9.17, 15) is 5.26 Å². The molecule has 0 fully saturated rings. The van der Waals surface area contributed by atoms with Gasteiger partial charge >= 0.3 is 0 Å². The van der Waals surface area contributed by atoms with Crippen LogP contribution in [-0.2, 0) is 5.41 Å². The van der Waals surface area contributed by atoms with Gasteiger partial charge in [0.05, 0.1) is 43.0 Å². The zero-order valence-electron chi connectivity index (χ0n) is 15.5. The van der Waals surface area contributed by atoms with Gasteiger partial charge in [0.25, 0.3) is 0 Å². The summed E-state index contributed by atoms with van der Waals surface area (Å²) in [7, 11) is 3.17. The fourth-order valence-electron chi connectivity index (χ4n) is 3.18. The van der Waals surface area contributed by atoms with E-state index >= 15 is 0 Å². The Balaban J connectivity index is 2.30. The van der Waals surface area contributed by atoms with Crippen molar-refractivity contribution in [1.82, 2.24) is 5.16 Å². The predicted molar refractivity (Wildman–Crippen MR) is 97.0 cm³/mol. The van der Waals surface area contributed by atoms with Crippen molar-refractivity contribution in [3.05, 3.63) is 46.4 Å². The van der Waals surface area contributed by atoms with Crippen LogP contribution in [0.1, 0.15) is 43.5 Å². The van der Waals surface area contributed by atoms with Crippen molar-refractivity contribution in [3.8, 4) is 17.6 Å². The second-order valence-corrected chi connectivity index (χ2v) is 7.13. The van der Waals surface area contributed by atoms with E-state index in [2.05, 4.69) is 16.5 Å². The monoisotopic (exact) mass is 354 g/mol. The highest BCUT2D eigenvalue weighted by Crippen LogP contribution is 2.48. The SMILES string of the molecule is COc1ccc([C@H]2C(C#N)=C(N)Nc3onc(C(C)(C)C)c32)c(OC)c1. The van der Waals surface area contributed by atoms with Crippen molar-refractivity contribution in [1.29, 1.82) is 5.26 Å². The third kappa shape index (κ3) is 2.73. The minimum atomic E-state index is -0.447. The van der Waals surface area contributed by atoms with Gasteiger partial charge in [0.2, 0.25) is 5.88 Å². The molecule has 1 aliphatic rings. The fourth-order valence-corrected chi connectivity index (χ4v) is 3.18. The number of nitriles is 1. The van der Waals surface area contributed by atoms with Gasteiger partial charge in [0.15, 0.2) is 0 Å². The molecule has 0 radical (unpaired) electrons. The van der Waals surface area contributed by atoms with Crippen molar-refractivity contribution in [2.45, 2.75) is 32.1 Å².